The van der Waals surface area contributed by atoms with Gasteiger partial charge in [-0.05, 0) is 26.0 Å². The molecule has 1 aromatic carbocycles. The van der Waals surface area contributed by atoms with Crippen molar-refractivity contribution >= 4 is 23.0 Å². The lowest BCUT2D eigenvalue weighted by molar-refractivity contribution is 0.0945. The lowest BCUT2D eigenvalue weighted by atomic mass is 9.99. The summed E-state index contributed by atoms with van der Waals surface area (Å²) in [6, 6.07) is 3.07. The molecule has 0 saturated heterocycles. The molecule has 0 spiro atoms. The molecule has 0 saturated carbocycles. The quantitative estimate of drug-likeness (QED) is 0.650. The minimum absolute atomic E-state index is 0.00358. The number of hydrogen-bond acceptors (Lipinski definition) is 7. The van der Waals surface area contributed by atoms with Crippen LogP contribution < -0.4 is 10.1 Å². The molecule has 1 N–H and O–H groups in total. The predicted molar refractivity (Wildman–Crippen MR) is 113 cm³/mol. The lowest BCUT2D eigenvalue weighted by Gasteiger charge is -2.12. The Labute approximate surface area is 185 Å². The van der Waals surface area contributed by atoms with Crippen molar-refractivity contribution in [2.24, 2.45) is 4.99 Å². The Balaban J connectivity index is 1.78. The number of aromatic nitrogens is 3. The molecule has 3 aromatic rings. The normalized spacial score (nSPS) is 17.2. The largest absolute Gasteiger partial charge is 0.481 e. The molecule has 0 fully saturated rings. The highest BCUT2D eigenvalue weighted by molar-refractivity contribution is 7.17. The Morgan fingerprint density at radius 1 is 1.28 bits per heavy atom. The molecule has 8 nitrogen and oxygen atoms in total. The summed E-state index contributed by atoms with van der Waals surface area (Å²) in [5, 5.41) is 8.17. The molecule has 0 unspecified atom stereocenters. The number of benzene rings is 1. The summed E-state index contributed by atoms with van der Waals surface area (Å²) in [6.45, 7) is 4.89. The van der Waals surface area contributed by atoms with Crippen molar-refractivity contribution in [2.45, 2.75) is 26.5 Å². The molecule has 2 aliphatic rings. The van der Waals surface area contributed by atoms with Crippen LogP contribution in [-0.4, -0.2) is 46.1 Å². The molecule has 1 amide bonds. The van der Waals surface area contributed by atoms with Gasteiger partial charge in [0.1, 0.15) is 29.3 Å². The number of ether oxygens (including phenoxy) is 2. The first-order chi connectivity index (χ1) is 15.5. The maximum Gasteiger partial charge on any atom is 0.290 e. The molecule has 1 atom stereocenters. The van der Waals surface area contributed by atoms with E-state index in [1.165, 1.54) is 34.2 Å². The summed E-state index contributed by atoms with van der Waals surface area (Å²) in [4.78, 5) is 21.4. The summed E-state index contributed by atoms with van der Waals surface area (Å²) in [7, 11) is 0. The van der Waals surface area contributed by atoms with Crippen LogP contribution in [0.5, 0.6) is 5.06 Å². The van der Waals surface area contributed by atoms with E-state index in [-0.39, 0.29) is 23.7 Å². The van der Waals surface area contributed by atoms with Crippen LogP contribution in [-0.2, 0) is 11.3 Å². The highest BCUT2D eigenvalue weighted by Crippen LogP contribution is 2.44. The lowest BCUT2D eigenvalue weighted by Crippen LogP contribution is -2.24. The van der Waals surface area contributed by atoms with Gasteiger partial charge in [0, 0.05) is 17.7 Å². The number of amides is 1. The SMILES string of the molecule is CCNC(=O)c1nc2n(n1)-c1sc3c(c1C(c1c(F)cccc1F)=N[C@H]2C)COCCO3. The zero-order valence-electron chi connectivity index (χ0n) is 17.3. The van der Waals surface area contributed by atoms with Crippen molar-refractivity contribution in [3.63, 3.8) is 0 Å². The number of fused-ring (bicyclic) bond motifs is 5. The number of halogens is 2. The fourth-order valence-electron chi connectivity index (χ4n) is 3.75. The predicted octanol–water partition coefficient (Wildman–Crippen LogP) is 3.18. The van der Waals surface area contributed by atoms with E-state index in [0.717, 1.165) is 0 Å². The van der Waals surface area contributed by atoms with Crippen molar-refractivity contribution < 1.29 is 23.0 Å². The standard InChI is InChI=1S/C21H19F2N5O3S/c1-3-24-19(29)17-26-18-10(2)25-16(15-12(22)5-4-6-13(15)23)14-11-9-30-7-8-31-21(11)32-20(14)28(18)27-17/h4-6,10H,3,7-9H2,1-2H3,(H,24,29)/t10-/m0/s1. The van der Waals surface area contributed by atoms with Gasteiger partial charge in [-0.2, -0.15) is 0 Å². The van der Waals surface area contributed by atoms with E-state index < -0.39 is 23.6 Å². The summed E-state index contributed by atoms with van der Waals surface area (Å²) < 4.78 is 42.7. The molecule has 2 aromatic heterocycles. The Hall–Kier alpha value is -3.18. The van der Waals surface area contributed by atoms with Gasteiger partial charge in [0.25, 0.3) is 5.91 Å². The van der Waals surface area contributed by atoms with Crippen LogP contribution in [0.2, 0.25) is 0 Å². The molecule has 0 bridgehead atoms. The Bertz CT molecular complexity index is 1230. The summed E-state index contributed by atoms with van der Waals surface area (Å²) >= 11 is 1.26. The number of carbonyl (C=O) groups excluding carboxylic acids is 1. The molecule has 2 aliphatic heterocycles. The summed E-state index contributed by atoms with van der Waals surface area (Å²) in [5.41, 5.74) is 1.01. The molecule has 5 rings (SSSR count). The fraction of sp³-hybridized carbons (Fsp3) is 0.333. The number of rotatable bonds is 3. The molecular formula is C21H19F2N5O3S. The molecule has 0 radical (unpaired) electrons. The Morgan fingerprint density at radius 3 is 2.81 bits per heavy atom. The van der Waals surface area contributed by atoms with Crippen LogP contribution in [0.25, 0.3) is 5.00 Å². The number of nitrogens with zero attached hydrogens (tertiary/aromatic N) is 4. The summed E-state index contributed by atoms with van der Waals surface area (Å²) in [6.07, 6.45) is 0. The third-order valence-electron chi connectivity index (χ3n) is 5.16. The van der Waals surface area contributed by atoms with Gasteiger partial charge in [0.05, 0.1) is 24.5 Å². The van der Waals surface area contributed by atoms with Crippen molar-refractivity contribution in [1.82, 2.24) is 20.1 Å². The average molecular weight is 459 g/mol. The smallest absolute Gasteiger partial charge is 0.290 e. The maximum atomic E-state index is 14.8. The topological polar surface area (TPSA) is 90.6 Å². The third kappa shape index (κ3) is 3.28. The van der Waals surface area contributed by atoms with Crippen LogP contribution in [0.3, 0.4) is 0 Å². The van der Waals surface area contributed by atoms with Gasteiger partial charge in [-0.25, -0.2) is 18.4 Å². The van der Waals surface area contributed by atoms with Crippen LogP contribution in [0.4, 0.5) is 8.78 Å². The molecule has 0 aliphatic carbocycles. The molecule has 11 heteroatoms. The van der Waals surface area contributed by atoms with Crippen molar-refractivity contribution in [3.8, 4) is 10.1 Å². The van der Waals surface area contributed by atoms with Crippen LogP contribution in [0.1, 0.15) is 53.0 Å². The van der Waals surface area contributed by atoms with E-state index in [1.807, 2.05) is 0 Å². The van der Waals surface area contributed by atoms with Gasteiger partial charge in [-0.1, -0.05) is 17.4 Å². The van der Waals surface area contributed by atoms with Crippen molar-refractivity contribution in [2.75, 3.05) is 19.8 Å². The first-order valence-electron chi connectivity index (χ1n) is 10.1. The molecular weight excluding hydrogens is 440 g/mol. The molecule has 32 heavy (non-hydrogen) atoms. The number of nitrogens with one attached hydrogen (secondary N) is 1. The van der Waals surface area contributed by atoms with Crippen LogP contribution >= 0.6 is 11.3 Å². The maximum absolute atomic E-state index is 14.8. The minimum Gasteiger partial charge on any atom is -0.481 e. The van der Waals surface area contributed by atoms with E-state index in [9.17, 15) is 13.6 Å². The number of thiophene rings is 1. The fourth-order valence-corrected chi connectivity index (χ4v) is 4.89. The minimum atomic E-state index is -0.729. The van der Waals surface area contributed by atoms with Crippen LogP contribution in [0, 0.1) is 11.6 Å². The van der Waals surface area contributed by atoms with Crippen molar-refractivity contribution in [1.29, 1.82) is 0 Å². The van der Waals surface area contributed by atoms with E-state index in [2.05, 4.69) is 20.4 Å². The molecule has 4 heterocycles. The highest BCUT2D eigenvalue weighted by Gasteiger charge is 2.35. The molecule has 166 valence electrons. The Kier molecular flexibility index (Phi) is 5.22. The summed E-state index contributed by atoms with van der Waals surface area (Å²) in [5.74, 6) is -1.49. The van der Waals surface area contributed by atoms with Gasteiger partial charge < -0.3 is 14.8 Å². The first kappa shape index (κ1) is 20.7. The first-order valence-corrected chi connectivity index (χ1v) is 11.0. The third-order valence-corrected chi connectivity index (χ3v) is 6.28. The second-order valence-corrected chi connectivity index (χ2v) is 8.23. The van der Waals surface area contributed by atoms with Crippen molar-refractivity contribution in [3.05, 3.63) is 58.2 Å². The van der Waals surface area contributed by atoms with E-state index in [1.54, 1.807) is 13.8 Å². The Morgan fingerprint density at radius 2 is 2.06 bits per heavy atom. The van der Waals surface area contributed by atoms with Gasteiger partial charge in [0.15, 0.2) is 10.9 Å². The highest BCUT2D eigenvalue weighted by atomic mass is 32.1. The van der Waals surface area contributed by atoms with E-state index in [4.69, 9.17) is 9.47 Å². The van der Waals surface area contributed by atoms with Gasteiger partial charge in [-0.3, -0.25) is 9.79 Å². The second-order valence-electron chi connectivity index (χ2n) is 7.26. The van der Waals surface area contributed by atoms with Gasteiger partial charge >= 0.3 is 0 Å². The number of carbonyl (C=O) groups is 1. The average Bonchev–Trinajstić information content (AvgIpc) is 3.25. The van der Waals surface area contributed by atoms with Gasteiger partial charge in [-0.15, -0.1) is 5.10 Å². The van der Waals surface area contributed by atoms with E-state index >= 15 is 0 Å². The number of hydrogen-bond donors (Lipinski definition) is 1. The van der Waals surface area contributed by atoms with Gasteiger partial charge in [0.2, 0.25) is 5.82 Å². The zero-order chi connectivity index (χ0) is 22.4. The number of aliphatic imine (C=N–C) groups is 1. The second kappa shape index (κ2) is 8.06. The monoisotopic (exact) mass is 459 g/mol. The van der Waals surface area contributed by atoms with E-state index in [0.29, 0.717) is 46.8 Å². The zero-order valence-corrected chi connectivity index (χ0v) is 18.1. The van der Waals surface area contributed by atoms with Crippen LogP contribution in [0.15, 0.2) is 23.2 Å².